The Morgan fingerprint density at radius 2 is 1.75 bits per heavy atom. The van der Waals surface area contributed by atoms with Gasteiger partial charge in [-0.2, -0.15) is 0 Å². The predicted octanol–water partition coefficient (Wildman–Crippen LogP) is 3.17. The summed E-state index contributed by atoms with van der Waals surface area (Å²) in [5.41, 5.74) is 3.41. The summed E-state index contributed by atoms with van der Waals surface area (Å²) in [6.07, 6.45) is 1.11. The first-order chi connectivity index (χ1) is 13.1. The van der Waals surface area contributed by atoms with Gasteiger partial charge in [-0.05, 0) is 68.7 Å². The number of nitrogens with zero attached hydrogens (tertiary/aromatic N) is 1. The minimum atomic E-state index is -3.63. The number of amides is 1. The lowest BCUT2D eigenvalue weighted by molar-refractivity contribution is -0.122. The molecule has 1 N–H and O–H groups in total. The summed E-state index contributed by atoms with van der Waals surface area (Å²) in [6.45, 7) is 8.27. The molecule has 7 heteroatoms. The van der Waals surface area contributed by atoms with E-state index in [-0.39, 0.29) is 5.91 Å². The molecule has 6 nitrogen and oxygen atoms in total. The van der Waals surface area contributed by atoms with Crippen LogP contribution in [0, 0.1) is 13.8 Å². The highest BCUT2D eigenvalue weighted by atomic mass is 32.2. The van der Waals surface area contributed by atoms with Crippen molar-refractivity contribution in [3.8, 4) is 5.75 Å². The summed E-state index contributed by atoms with van der Waals surface area (Å²) in [6, 6.07) is 11.9. The smallest absolute Gasteiger partial charge is 0.243 e. The molecule has 0 aliphatic heterocycles. The molecule has 2 aromatic carbocycles. The number of anilines is 1. The average molecular weight is 405 g/mol. The van der Waals surface area contributed by atoms with Gasteiger partial charge in [-0.1, -0.05) is 18.2 Å². The molecule has 0 fully saturated rings. The first kappa shape index (κ1) is 21.8. The summed E-state index contributed by atoms with van der Waals surface area (Å²) < 4.78 is 31.3. The van der Waals surface area contributed by atoms with E-state index in [1.807, 2.05) is 51.1 Å². The van der Waals surface area contributed by atoms with E-state index >= 15 is 0 Å². The molecule has 1 amide bonds. The van der Waals surface area contributed by atoms with E-state index in [2.05, 4.69) is 5.32 Å². The minimum absolute atomic E-state index is 0.306. The topological polar surface area (TPSA) is 75.7 Å². The summed E-state index contributed by atoms with van der Waals surface area (Å²) >= 11 is 0. The number of hydrogen-bond acceptors (Lipinski definition) is 4. The van der Waals surface area contributed by atoms with E-state index in [9.17, 15) is 13.2 Å². The van der Waals surface area contributed by atoms with Gasteiger partial charge in [0, 0.05) is 6.54 Å². The summed E-state index contributed by atoms with van der Waals surface area (Å²) in [5.74, 6) is 0.404. The van der Waals surface area contributed by atoms with Crippen LogP contribution in [-0.4, -0.2) is 33.2 Å². The Balaban J connectivity index is 2.14. The first-order valence-corrected chi connectivity index (χ1v) is 11.0. The highest BCUT2D eigenvalue weighted by Crippen LogP contribution is 2.24. The molecule has 0 heterocycles. The molecule has 2 rings (SSSR count). The lowest BCUT2D eigenvalue weighted by Gasteiger charge is -2.28. The third-order valence-electron chi connectivity index (χ3n) is 4.53. The molecule has 1 atom stereocenters. The molecular formula is C21H28N2O4S. The molecule has 0 aliphatic carbocycles. The number of ether oxygens (including phenoxy) is 1. The van der Waals surface area contributed by atoms with Crippen molar-refractivity contribution in [3.63, 3.8) is 0 Å². The van der Waals surface area contributed by atoms with E-state index in [1.54, 1.807) is 19.1 Å². The maximum Gasteiger partial charge on any atom is 0.243 e. The van der Waals surface area contributed by atoms with Crippen LogP contribution in [0.4, 0.5) is 5.69 Å². The molecule has 28 heavy (non-hydrogen) atoms. The van der Waals surface area contributed by atoms with Crippen LogP contribution in [0.1, 0.15) is 30.5 Å². The molecule has 0 saturated heterocycles. The third-order valence-corrected chi connectivity index (χ3v) is 5.78. The van der Waals surface area contributed by atoms with Crippen molar-refractivity contribution in [3.05, 3.63) is 59.2 Å². The molecule has 152 valence electrons. The Labute approximate surface area is 167 Å². The van der Waals surface area contributed by atoms with Crippen molar-refractivity contribution in [2.75, 3.05) is 17.2 Å². The lowest BCUT2D eigenvalue weighted by atomic mass is 10.1. The Morgan fingerprint density at radius 1 is 1.11 bits per heavy atom. The van der Waals surface area contributed by atoms with Crippen LogP contribution in [0.5, 0.6) is 5.75 Å². The van der Waals surface area contributed by atoms with Gasteiger partial charge >= 0.3 is 0 Å². The van der Waals surface area contributed by atoms with Crippen LogP contribution in [0.2, 0.25) is 0 Å². The van der Waals surface area contributed by atoms with Gasteiger partial charge in [-0.25, -0.2) is 8.42 Å². The van der Waals surface area contributed by atoms with E-state index < -0.39 is 16.1 Å². The van der Waals surface area contributed by atoms with E-state index in [0.717, 1.165) is 33.0 Å². The zero-order chi connectivity index (χ0) is 20.9. The van der Waals surface area contributed by atoms with Gasteiger partial charge < -0.3 is 10.1 Å². The zero-order valence-electron chi connectivity index (χ0n) is 17.0. The molecule has 0 aromatic heterocycles. The second-order valence-corrected chi connectivity index (χ2v) is 8.66. The second kappa shape index (κ2) is 9.10. The number of aryl methyl sites for hydroxylation is 2. The number of sulfonamides is 1. The molecule has 0 bridgehead atoms. The maximum absolute atomic E-state index is 12.7. The van der Waals surface area contributed by atoms with Gasteiger partial charge in [0.1, 0.15) is 11.8 Å². The molecule has 2 aromatic rings. The molecule has 0 radical (unpaired) electrons. The molecule has 0 aliphatic rings. The standard InChI is InChI=1S/C21H28N2O4S/c1-6-27-20-11-8-18(9-12-20)14-22-21(24)17(4)23(28(5,25)26)19-10-7-15(2)16(3)13-19/h7-13,17H,6,14H2,1-5H3,(H,22,24)/t17-/m1/s1. The van der Waals surface area contributed by atoms with Gasteiger partial charge in [0.05, 0.1) is 18.6 Å². The van der Waals surface area contributed by atoms with Gasteiger partial charge in [0.25, 0.3) is 0 Å². The molecular weight excluding hydrogens is 376 g/mol. The highest BCUT2D eigenvalue weighted by molar-refractivity contribution is 7.92. The minimum Gasteiger partial charge on any atom is -0.494 e. The van der Waals surface area contributed by atoms with Crippen LogP contribution in [0.3, 0.4) is 0 Å². The van der Waals surface area contributed by atoms with Gasteiger partial charge in [0.15, 0.2) is 0 Å². The molecule has 0 saturated carbocycles. The maximum atomic E-state index is 12.7. The van der Waals surface area contributed by atoms with E-state index in [1.165, 1.54) is 0 Å². The number of rotatable bonds is 8. The van der Waals surface area contributed by atoms with Crippen LogP contribution in [-0.2, 0) is 21.4 Å². The van der Waals surface area contributed by atoms with Crippen molar-refractivity contribution in [1.29, 1.82) is 0 Å². The summed E-state index contributed by atoms with van der Waals surface area (Å²) in [4.78, 5) is 12.7. The SMILES string of the molecule is CCOc1ccc(CNC(=O)[C@@H](C)N(c2ccc(C)c(C)c2)S(C)(=O)=O)cc1. The largest absolute Gasteiger partial charge is 0.494 e. The second-order valence-electron chi connectivity index (χ2n) is 6.80. The fraction of sp³-hybridized carbons (Fsp3) is 0.381. The number of hydrogen-bond donors (Lipinski definition) is 1. The van der Waals surface area contributed by atoms with Crippen LogP contribution in [0.25, 0.3) is 0 Å². The fourth-order valence-corrected chi connectivity index (χ4v) is 4.05. The normalized spacial score (nSPS) is 12.3. The van der Waals surface area contributed by atoms with Gasteiger partial charge in [-0.15, -0.1) is 0 Å². The number of carbonyl (C=O) groups excluding carboxylic acids is 1. The van der Waals surface area contributed by atoms with E-state index in [4.69, 9.17) is 4.74 Å². The Bertz CT molecular complexity index is 924. The molecule has 0 spiro atoms. The number of nitrogens with one attached hydrogen (secondary N) is 1. The average Bonchev–Trinajstić information content (AvgIpc) is 2.63. The van der Waals surface area contributed by atoms with Crippen LogP contribution < -0.4 is 14.4 Å². The summed E-state index contributed by atoms with van der Waals surface area (Å²) in [7, 11) is -3.63. The third kappa shape index (κ3) is 5.48. The predicted molar refractivity (Wildman–Crippen MR) is 112 cm³/mol. The highest BCUT2D eigenvalue weighted by Gasteiger charge is 2.29. The Morgan fingerprint density at radius 3 is 2.29 bits per heavy atom. The Hall–Kier alpha value is -2.54. The quantitative estimate of drug-likeness (QED) is 0.733. The van der Waals surface area contributed by atoms with Gasteiger partial charge in [-0.3, -0.25) is 9.10 Å². The lowest BCUT2D eigenvalue weighted by Crippen LogP contribution is -2.47. The monoisotopic (exact) mass is 404 g/mol. The zero-order valence-corrected chi connectivity index (χ0v) is 17.8. The molecule has 0 unspecified atom stereocenters. The van der Waals surface area contributed by atoms with Crippen LogP contribution >= 0.6 is 0 Å². The first-order valence-electron chi connectivity index (χ1n) is 9.19. The Kier molecular flexibility index (Phi) is 7.07. The van der Waals surface area contributed by atoms with Crippen molar-refractivity contribution in [1.82, 2.24) is 5.32 Å². The number of carbonyl (C=O) groups is 1. The van der Waals surface area contributed by atoms with Crippen molar-refractivity contribution in [2.24, 2.45) is 0 Å². The van der Waals surface area contributed by atoms with Gasteiger partial charge in [0.2, 0.25) is 15.9 Å². The van der Waals surface area contributed by atoms with Crippen molar-refractivity contribution in [2.45, 2.75) is 40.3 Å². The van der Waals surface area contributed by atoms with Crippen molar-refractivity contribution >= 4 is 21.6 Å². The fourth-order valence-electron chi connectivity index (χ4n) is 2.88. The number of benzene rings is 2. The van der Waals surface area contributed by atoms with E-state index in [0.29, 0.717) is 18.8 Å². The van der Waals surface area contributed by atoms with Crippen LogP contribution in [0.15, 0.2) is 42.5 Å². The van der Waals surface area contributed by atoms with Crippen molar-refractivity contribution < 1.29 is 17.9 Å². The summed E-state index contributed by atoms with van der Waals surface area (Å²) in [5, 5.41) is 2.81.